The van der Waals surface area contributed by atoms with Gasteiger partial charge in [0.2, 0.25) is 5.91 Å². The number of thioether (sulfide) groups is 1. The van der Waals surface area contributed by atoms with Crippen LogP contribution in [0.4, 0.5) is 0 Å². The van der Waals surface area contributed by atoms with Crippen molar-refractivity contribution in [2.75, 3.05) is 18.8 Å². The van der Waals surface area contributed by atoms with Gasteiger partial charge in [-0.05, 0) is 31.9 Å². The van der Waals surface area contributed by atoms with Crippen molar-refractivity contribution in [3.8, 4) is 0 Å². The Labute approximate surface area is 112 Å². The fraction of sp³-hybridized carbons (Fsp3) is 0.429. The summed E-state index contributed by atoms with van der Waals surface area (Å²) >= 11 is 1.53. The van der Waals surface area contributed by atoms with Crippen molar-refractivity contribution in [1.82, 2.24) is 4.90 Å². The molecule has 0 aliphatic carbocycles. The summed E-state index contributed by atoms with van der Waals surface area (Å²) in [6.45, 7) is 3.37. The quantitative estimate of drug-likeness (QED) is 0.619. The van der Waals surface area contributed by atoms with Crippen molar-refractivity contribution >= 4 is 23.5 Å². The molecule has 3 nitrogen and oxygen atoms in total. The minimum Gasteiger partial charge on any atom is -0.342 e. The number of nitrogens with zero attached hydrogens (tertiary/aromatic N) is 1. The van der Waals surface area contributed by atoms with E-state index < -0.39 is 0 Å². The van der Waals surface area contributed by atoms with E-state index in [9.17, 15) is 9.59 Å². The third-order valence-electron chi connectivity index (χ3n) is 3.08. The lowest BCUT2D eigenvalue weighted by Crippen LogP contribution is -2.29. The highest BCUT2D eigenvalue weighted by atomic mass is 32.2. The Morgan fingerprint density at radius 2 is 1.78 bits per heavy atom. The maximum Gasteiger partial charge on any atom is 0.232 e. The zero-order valence-electron chi connectivity index (χ0n) is 10.5. The van der Waals surface area contributed by atoms with Gasteiger partial charge in [0.1, 0.15) is 0 Å². The van der Waals surface area contributed by atoms with Crippen LogP contribution >= 0.6 is 11.8 Å². The third kappa shape index (κ3) is 3.35. The minimum absolute atomic E-state index is 0.0692. The lowest BCUT2D eigenvalue weighted by molar-refractivity contribution is -0.127. The van der Waals surface area contributed by atoms with Gasteiger partial charge in [-0.3, -0.25) is 9.59 Å². The molecule has 1 fully saturated rings. The summed E-state index contributed by atoms with van der Waals surface area (Å²) in [5.41, 5.74) is 0.713. The molecule has 0 atom stereocenters. The molecule has 0 unspecified atom stereocenters. The van der Waals surface area contributed by atoms with Gasteiger partial charge in [-0.15, -0.1) is 11.8 Å². The van der Waals surface area contributed by atoms with Crippen molar-refractivity contribution in [3.05, 3.63) is 29.8 Å². The topological polar surface area (TPSA) is 37.4 Å². The van der Waals surface area contributed by atoms with Gasteiger partial charge in [0.05, 0.1) is 5.75 Å². The standard InChI is InChI=1S/C14H17NO2S/c1-11(16)12-4-6-13(7-5-12)18-10-14(17)15-8-2-3-9-15/h4-7H,2-3,8-10H2,1H3. The molecular formula is C14H17NO2S. The number of rotatable bonds is 4. The molecule has 4 heteroatoms. The molecule has 96 valence electrons. The molecule has 0 saturated carbocycles. The monoisotopic (exact) mass is 263 g/mol. The van der Waals surface area contributed by atoms with E-state index in [4.69, 9.17) is 0 Å². The van der Waals surface area contributed by atoms with Crippen LogP contribution in [-0.2, 0) is 4.79 Å². The molecule has 1 aromatic carbocycles. The molecule has 1 aliphatic rings. The molecule has 0 bridgehead atoms. The lowest BCUT2D eigenvalue weighted by atomic mass is 10.2. The molecule has 1 amide bonds. The number of hydrogen-bond acceptors (Lipinski definition) is 3. The van der Waals surface area contributed by atoms with E-state index in [-0.39, 0.29) is 11.7 Å². The summed E-state index contributed by atoms with van der Waals surface area (Å²) in [5, 5.41) is 0. The Bertz CT molecular complexity index is 436. The van der Waals surface area contributed by atoms with E-state index >= 15 is 0 Å². The van der Waals surface area contributed by atoms with Crippen LogP contribution in [0.1, 0.15) is 30.1 Å². The molecule has 1 heterocycles. The third-order valence-corrected chi connectivity index (χ3v) is 4.08. The van der Waals surface area contributed by atoms with Crippen LogP contribution in [-0.4, -0.2) is 35.4 Å². The van der Waals surface area contributed by atoms with Crippen molar-refractivity contribution in [3.63, 3.8) is 0 Å². The number of Topliss-reactive ketones (excluding diaryl/α,β-unsaturated/α-hetero) is 1. The highest BCUT2D eigenvalue weighted by Gasteiger charge is 2.17. The SMILES string of the molecule is CC(=O)c1ccc(SCC(=O)N2CCCC2)cc1. The van der Waals surface area contributed by atoms with Crippen LogP contribution in [0.25, 0.3) is 0 Å². The van der Waals surface area contributed by atoms with Crippen molar-refractivity contribution < 1.29 is 9.59 Å². The van der Waals surface area contributed by atoms with Gasteiger partial charge >= 0.3 is 0 Å². The number of likely N-dealkylation sites (tertiary alicyclic amines) is 1. The largest absolute Gasteiger partial charge is 0.342 e. The van der Waals surface area contributed by atoms with Crippen LogP contribution in [0, 0.1) is 0 Å². The molecule has 1 saturated heterocycles. The number of hydrogen-bond donors (Lipinski definition) is 0. The Morgan fingerprint density at radius 1 is 1.17 bits per heavy atom. The molecule has 1 aromatic rings. The van der Waals surface area contributed by atoms with Crippen LogP contribution in [0.3, 0.4) is 0 Å². The molecule has 0 aromatic heterocycles. The highest BCUT2D eigenvalue weighted by Crippen LogP contribution is 2.20. The average Bonchev–Trinajstić information content (AvgIpc) is 2.90. The van der Waals surface area contributed by atoms with Crippen LogP contribution in [0.15, 0.2) is 29.2 Å². The first kappa shape index (κ1) is 13.1. The Hall–Kier alpha value is -1.29. The number of carbonyl (C=O) groups is 2. The summed E-state index contributed by atoms with van der Waals surface area (Å²) < 4.78 is 0. The Balaban J connectivity index is 1.86. The maximum absolute atomic E-state index is 11.8. The van der Waals surface area contributed by atoms with E-state index in [2.05, 4.69) is 0 Å². The summed E-state index contributed by atoms with van der Waals surface area (Å²) in [7, 11) is 0. The lowest BCUT2D eigenvalue weighted by Gasteiger charge is -2.14. The predicted molar refractivity (Wildman–Crippen MR) is 73.0 cm³/mol. The van der Waals surface area contributed by atoms with Gasteiger partial charge in [-0.25, -0.2) is 0 Å². The zero-order valence-corrected chi connectivity index (χ0v) is 11.3. The Kier molecular flexibility index (Phi) is 4.42. The Morgan fingerprint density at radius 3 is 2.33 bits per heavy atom. The molecule has 0 radical (unpaired) electrons. The van der Waals surface area contributed by atoms with Gasteiger partial charge in [-0.1, -0.05) is 12.1 Å². The van der Waals surface area contributed by atoms with Crippen molar-refractivity contribution in [1.29, 1.82) is 0 Å². The summed E-state index contributed by atoms with van der Waals surface area (Å²) in [4.78, 5) is 25.9. The van der Waals surface area contributed by atoms with Gasteiger partial charge < -0.3 is 4.90 Å². The molecule has 18 heavy (non-hydrogen) atoms. The minimum atomic E-state index is 0.0692. The second-order valence-electron chi connectivity index (χ2n) is 4.46. The second kappa shape index (κ2) is 6.05. The fourth-order valence-corrected chi connectivity index (χ4v) is 2.79. The molecular weight excluding hydrogens is 246 g/mol. The van der Waals surface area contributed by atoms with Crippen LogP contribution in [0.5, 0.6) is 0 Å². The van der Waals surface area contributed by atoms with E-state index in [1.807, 2.05) is 29.2 Å². The van der Waals surface area contributed by atoms with Gasteiger partial charge in [-0.2, -0.15) is 0 Å². The highest BCUT2D eigenvalue weighted by molar-refractivity contribution is 8.00. The number of ketones is 1. The molecule has 2 rings (SSSR count). The summed E-state index contributed by atoms with van der Waals surface area (Å²) in [6, 6.07) is 7.42. The van der Waals surface area contributed by atoms with Crippen LogP contribution < -0.4 is 0 Å². The first-order valence-electron chi connectivity index (χ1n) is 6.18. The zero-order chi connectivity index (χ0) is 13.0. The number of benzene rings is 1. The maximum atomic E-state index is 11.8. The molecule has 1 aliphatic heterocycles. The van der Waals surface area contributed by atoms with Gasteiger partial charge in [0.15, 0.2) is 5.78 Å². The second-order valence-corrected chi connectivity index (χ2v) is 5.51. The van der Waals surface area contributed by atoms with E-state index in [1.165, 1.54) is 11.8 Å². The molecule has 0 N–H and O–H groups in total. The average molecular weight is 263 g/mol. The van der Waals surface area contributed by atoms with E-state index in [0.717, 1.165) is 30.8 Å². The summed E-state index contributed by atoms with van der Waals surface area (Å²) in [6.07, 6.45) is 2.26. The van der Waals surface area contributed by atoms with Crippen LogP contribution in [0.2, 0.25) is 0 Å². The predicted octanol–water partition coefficient (Wildman–Crippen LogP) is 2.60. The summed E-state index contributed by atoms with van der Waals surface area (Å²) in [5.74, 6) is 0.771. The normalized spacial score (nSPS) is 14.8. The molecule has 0 spiro atoms. The van der Waals surface area contributed by atoms with E-state index in [0.29, 0.717) is 11.3 Å². The van der Waals surface area contributed by atoms with Crippen molar-refractivity contribution in [2.45, 2.75) is 24.7 Å². The van der Waals surface area contributed by atoms with Gasteiger partial charge in [0, 0.05) is 23.5 Å². The van der Waals surface area contributed by atoms with E-state index in [1.54, 1.807) is 6.92 Å². The first-order chi connectivity index (χ1) is 8.66. The van der Waals surface area contributed by atoms with Crippen molar-refractivity contribution in [2.24, 2.45) is 0 Å². The smallest absolute Gasteiger partial charge is 0.232 e. The fourth-order valence-electron chi connectivity index (χ4n) is 1.99. The first-order valence-corrected chi connectivity index (χ1v) is 7.17. The van der Waals surface area contributed by atoms with Gasteiger partial charge in [0.25, 0.3) is 0 Å². The number of amides is 1. The number of carbonyl (C=O) groups excluding carboxylic acids is 2.